The molecule has 9 heteroatoms. The molecule has 0 radical (unpaired) electrons. The first-order valence-electron chi connectivity index (χ1n) is 5.97. The molecular formula is C13H10N6O3. The van der Waals surface area contributed by atoms with Crippen LogP contribution in [-0.2, 0) is 4.79 Å². The minimum absolute atomic E-state index is 0.0982. The number of carboxylic acid groups (broad SMARTS) is 1. The third kappa shape index (κ3) is 3.67. The van der Waals surface area contributed by atoms with Gasteiger partial charge in [0.05, 0.1) is 5.56 Å². The fourth-order valence-electron chi connectivity index (χ4n) is 1.46. The van der Waals surface area contributed by atoms with Crippen molar-refractivity contribution in [2.45, 2.75) is 0 Å². The highest BCUT2D eigenvalue weighted by atomic mass is 16.4. The number of carboxylic acids is 1. The minimum atomic E-state index is -1.06. The molecule has 1 aromatic heterocycles. The number of anilines is 2. The Kier molecular flexibility index (Phi) is 4.46. The van der Waals surface area contributed by atoms with Gasteiger partial charge < -0.3 is 15.7 Å². The van der Waals surface area contributed by atoms with Crippen molar-refractivity contribution in [3.63, 3.8) is 0 Å². The zero-order chi connectivity index (χ0) is 15.9. The van der Waals surface area contributed by atoms with Crippen molar-refractivity contribution in [2.24, 2.45) is 0 Å². The topological polar surface area (TPSA) is 144 Å². The first-order chi connectivity index (χ1) is 10.6. The Labute approximate surface area is 124 Å². The highest BCUT2D eigenvalue weighted by molar-refractivity contribution is 6.06. The van der Waals surface area contributed by atoms with E-state index in [1.165, 1.54) is 36.8 Å². The van der Waals surface area contributed by atoms with Gasteiger partial charge in [0.15, 0.2) is 0 Å². The lowest BCUT2D eigenvalue weighted by Crippen LogP contribution is -2.14. The Morgan fingerprint density at radius 3 is 2.59 bits per heavy atom. The zero-order valence-corrected chi connectivity index (χ0v) is 11.1. The van der Waals surface area contributed by atoms with Crippen molar-refractivity contribution in [1.82, 2.24) is 15.2 Å². The number of H-pyrrole nitrogens is 1. The number of hydrogen-bond donors (Lipinski definition) is 4. The van der Waals surface area contributed by atoms with Crippen LogP contribution in [0.2, 0.25) is 0 Å². The van der Waals surface area contributed by atoms with Gasteiger partial charge in [-0.15, -0.1) is 0 Å². The van der Waals surface area contributed by atoms with Gasteiger partial charge in [-0.2, -0.15) is 15.3 Å². The van der Waals surface area contributed by atoms with Crippen molar-refractivity contribution < 1.29 is 14.7 Å². The molecule has 1 heterocycles. The number of hydrogen-bond acceptors (Lipinski definition) is 6. The summed E-state index contributed by atoms with van der Waals surface area (Å²) in [5.41, 5.74) is 0.288. The molecule has 0 spiro atoms. The summed E-state index contributed by atoms with van der Waals surface area (Å²) in [7, 11) is 0. The number of carbonyl (C=O) groups is 2. The Morgan fingerprint density at radius 2 is 2.05 bits per heavy atom. The molecule has 22 heavy (non-hydrogen) atoms. The number of benzene rings is 1. The van der Waals surface area contributed by atoms with Crippen molar-refractivity contribution in [2.75, 3.05) is 10.6 Å². The maximum absolute atomic E-state index is 11.9. The van der Waals surface area contributed by atoms with E-state index in [1.54, 1.807) is 6.07 Å². The van der Waals surface area contributed by atoms with Gasteiger partial charge in [-0.1, -0.05) is 0 Å². The van der Waals surface area contributed by atoms with Crippen LogP contribution in [0.4, 0.5) is 11.6 Å². The van der Waals surface area contributed by atoms with E-state index in [-0.39, 0.29) is 17.1 Å². The Morgan fingerprint density at radius 1 is 1.32 bits per heavy atom. The van der Waals surface area contributed by atoms with E-state index in [2.05, 4.69) is 25.8 Å². The lowest BCUT2D eigenvalue weighted by molar-refractivity contribution is -0.112. The third-order valence-corrected chi connectivity index (χ3v) is 2.52. The molecule has 2 aromatic rings. The predicted octanol–water partition coefficient (Wildman–Crippen LogP) is 0.961. The summed E-state index contributed by atoms with van der Waals surface area (Å²) < 4.78 is 0. The van der Waals surface area contributed by atoms with Crippen molar-refractivity contribution in [1.29, 1.82) is 5.26 Å². The Balaban J connectivity index is 2.04. The SMILES string of the molecule is N#C/C(=C/Nc1ncn[nH]1)C(=O)Nc1ccc(C(=O)O)cc1. The molecular weight excluding hydrogens is 288 g/mol. The molecule has 110 valence electrons. The van der Waals surface area contributed by atoms with Crippen molar-refractivity contribution in [3.8, 4) is 6.07 Å². The van der Waals surface area contributed by atoms with Crippen LogP contribution in [0.5, 0.6) is 0 Å². The number of aromatic amines is 1. The number of carbonyl (C=O) groups excluding carboxylic acids is 1. The quantitative estimate of drug-likeness (QED) is 0.475. The first kappa shape index (κ1) is 14.7. The number of nitrogens with one attached hydrogen (secondary N) is 3. The number of nitrogens with zero attached hydrogens (tertiary/aromatic N) is 3. The summed E-state index contributed by atoms with van der Waals surface area (Å²) in [6, 6.07) is 7.30. The molecule has 0 fully saturated rings. The zero-order valence-electron chi connectivity index (χ0n) is 11.1. The van der Waals surface area contributed by atoms with Crippen LogP contribution in [-0.4, -0.2) is 32.2 Å². The molecule has 0 aliphatic heterocycles. The van der Waals surface area contributed by atoms with Gasteiger partial charge in [-0.25, -0.2) is 9.89 Å². The van der Waals surface area contributed by atoms with E-state index in [0.29, 0.717) is 5.69 Å². The first-order valence-corrected chi connectivity index (χ1v) is 5.97. The van der Waals surface area contributed by atoms with E-state index in [9.17, 15) is 9.59 Å². The fourth-order valence-corrected chi connectivity index (χ4v) is 1.46. The number of aromatic carboxylic acids is 1. The highest BCUT2D eigenvalue weighted by Gasteiger charge is 2.10. The van der Waals surface area contributed by atoms with Gasteiger partial charge >= 0.3 is 5.97 Å². The summed E-state index contributed by atoms with van der Waals surface area (Å²) >= 11 is 0. The van der Waals surface area contributed by atoms with Gasteiger partial charge in [0.25, 0.3) is 5.91 Å². The number of rotatable bonds is 5. The standard InChI is InChI=1S/C13H10N6O3/c14-5-9(6-15-13-16-7-17-19-13)11(20)18-10-3-1-8(2-4-10)12(21)22/h1-4,6-7H,(H,18,20)(H,21,22)(H2,15,16,17,19)/b9-6-. The Bertz CT molecular complexity index is 743. The van der Waals surface area contributed by atoms with E-state index < -0.39 is 11.9 Å². The lowest BCUT2D eigenvalue weighted by atomic mass is 10.2. The molecule has 0 aliphatic rings. The van der Waals surface area contributed by atoms with Gasteiger partial charge in [0.1, 0.15) is 18.0 Å². The van der Waals surface area contributed by atoms with Crippen molar-refractivity contribution >= 4 is 23.5 Å². The fraction of sp³-hybridized carbons (Fsp3) is 0. The molecule has 0 bridgehead atoms. The highest BCUT2D eigenvalue weighted by Crippen LogP contribution is 2.11. The molecule has 2 rings (SSSR count). The van der Waals surface area contributed by atoms with E-state index in [4.69, 9.17) is 10.4 Å². The molecule has 0 aliphatic carbocycles. The summed E-state index contributed by atoms with van der Waals surface area (Å²) in [6.07, 6.45) is 2.45. The molecule has 0 unspecified atom stereocenters. The average molecular weight is 298 g/mol. The maximum Gasteiger partial charge on any atom is 0.335 e. The minimum Gasteiger partial charge on any atom is -0.478 e. The molecule has 0 saturated carbocycles. The Hall–Kier alpha value is -3.67. The van der Waals surface area contributed by atoms with Crippen LogP contribution in [0.3, 0.4) is 0 Å². The molecule has 4 N–H and O–H groups in total. The molecule has 9 nitrogen and oxygen atoms in total. The smallest absolute Gasteiger partial charge is 0.335 e. The lowest BCUT2D eigenvalue weighted by Gasteiger charge is -2.04. The van der Waals surface area contributed by atoms with E-state index in [0.717, 1.165) is 0 Å². The molecule has 0 saturated heterocycles. The molecule has 1 amide bonds. The monoisotopic (exact) mass is 298 g/mol. The number of aromatic nitrogens is 3. The van der Waals surface area contributed by atoms with Crippen LogP contribution in [0, 0.1) is 11.3 Å². The van der Waals surface area contributed by atoms with Crippen molar-refractivity contribution in [3.05, 3.63) is 47.9 Å². The second-order valence-corrected chi connectivity index (χ2v) is 3.98. The largest absolute Gasteiger partial charge is 0.478 e. The predicted molar refractivity (Wildman–Crippen MR) is 75.7 cm³/mol. The number of nitriles is 1. The van der Waals surface area contributed by atoms with Gasteiger partial charge in [0, 0.05) is 11.9 Å². The maximum atomic E-state index is 11.9. The van der Waals surface area contributed by atoms with Crippen LogP contribution in [0.1, 0.15) is 10.4 Å². The van der Waals surface area contributed by atoms with Gasteiger partial charge in [-0.05, 0) is 24.3 Å². The molecule has 1 aromatic carbocycles. The summed E-state index contributed by atoms with van der Waals surface area (Å²) in [5.74, 6) is -1.42. The van der Waals surface area contributed by atoms with Crippen LogP contribution in [0.15, 0.2) is 42.4 Å². The summed E-state index contributed by atoms with van der Waals surface area (Å²) in [5, 5.41) is 29.0. The summed E-state index contributed by atoms with van der Waals surface area (Å²) in [4.78, 5) is 26.4. The normalized spacial score (nSPS) is 10.6. The molecule has 0 atom stereocenters. The van der Waals surface area contributed by atoms with Crippen LogP contribution < -0.4 is 10.6 Å². The van der Waals surface area contributed by atoms with Gasteiger partial charge in [0.2, 0.25) is 5.95 Å². The third-order valence-electron chi connectivity index (χ3n) is 2.52. The van der Waals surface area contributed by atoms with E-state index >= 15 is 0 Å². The average Bonchev–Trinajstić information content (AvgIpc) is 3.01. The van der Waals surface area contributed by atoms with Gasteiger partial charge in [-0.3, -0.25) is 4.79 Å². The number of amides is 1. The van der Waals surface area contributed by atoms with E-state index in [1.807, 2.05) is 0 Å². The second-order valence-electron chi connectivity index (χ2n) is 3.98. The second kappa shape index (κ2) is 6.67. The van der Waals surface area contributed by atoms with Crippen LogP contribution >= 0.6 is 0 Å². The van der Waals surface area contributed by atoms with Crippen LogP contribution in [0.25, 0.3) is 0 Å². The summed E-state index contributed by atoms with van der Waals surface area (Å²) in [6.45, 7) is 0.